The van der Waals surface area contributed by atoms with Crippen LogP contribution in [-0.4, -0.2) is 6.04 Å². The van der Waals surface area contributed by atoms with Crippen LogP contribution in [0.15, 0.2) is 18.2 Å². The van der Waals surface area contributed by atoms with Gasteiger partial charge in [0, 0.05) is 6.04 Å². The molecule has 0 spiro atoms. The third-order valence-electron chi connectivity index (χ3n) is 2.62. The van der Waals surface area contributed by atoms with Gasteiger partial charge in [-0.15, -0.1) is 0 Å². The maximum absolute atomic E-state index is 13.0. The number of benzene rings is 1. The van der Waals surface area contributed by atoms with E-state index in [0.717, 1.165) is 17.5 Å². The first-order valence-corrected chi connectivity index (χ1v) is 5.01. The van der Waals surface area contributed by atoms with E-state index in [9.17, 15) is 4.39 Å². The van der Waals surface area contributed by atoms with Gasteiger partial charge in [0.05, 0.1) is 0 Å². The Bertz CT molecular complexity index is 307. The standard InChI is InChI=1S/C12H18FN/c1-8(2)12(14)7-10-6-11(13)5-4-9(10)3/h4-6,8,12H,7,14H2,1-3H3. The van der Waals surface area contributed by atoms with E-state index < -0.39 is 0 Å². The summed E-state index contributed by atoms with van der Waals surface area (Å²) in [7, 11) is 0. The Balaban J connectivity index is 2.80. The van der Waals surface area contributed by atoms with Gasteiger partial charge in [-0.3, -0.25) is 0 Å². The Hall–Kier alpha value is -0.890. The van der Waals surface area contributed by atoms with E-state index in [0.29, 0.717) is 5.92 Å². The lowest BCUT2D eigenvalue weighted by Gasteiger charge is -2.16. The number of hydrogen-bond donors (Lipinski definition) is 1. The van der Waals surface area contributed by atoms with Crippen LogP contribution >= 0.6 is 0 Å². The topological polar surface area (TPSA) is 26.0 Å². The summed E-state index contributed by atoms with van der Waals surface area (Å²) in [5.74, 6) is 0.249. The SMILES string of the molecule is Cc1ccc(F)cc1CC(N)C(C)C. The van der Waals surface area contributed by atoms with Crippen LogP contribution in [0.4, 0.5) is 4.39 Å². The molecular formula is C12H18FN. The maximum atomic E-state index is 13.0. The Morgan fingerprint density at radius 1 is 1.36 bits per heavy atom. The predicted molar refractivity (Wildman–Crippen MR) is 57.7 cm³/mol. The van der Waals surface area contributed by atoms with Gasteiger partial charge in [-0.05, 0) is 42.5 Å². The molecule has 1 unspecified atom stereocenters. The van der Waals surface area contributed by atoms with Crippen LogP contribution in [0.5, 0.6) is 0 Å². The van der Waals surface area contributed by atoms with Gasteiger partial charge < -0.3 is 5.73 Å². The second kappa shape index (κ2) is 4.56. The highest BCUT2D eigenvalue weighted by Crippen LogP contribution is 2.14. The van der Waals surface area contributed by atoms with Crippen LogP contribution in [0.2, 0.25) is 0 Å². The van der Waals surface area contributed by atoms with E-state index in [1.54, 1.807) is 12.1 Å². The van der Waals surface area contributed by atoms with Crippen molar-refractivity contribution in [1.82, 2.24) is 0 Å². The van der Waals surface area contributed by atoms with Crippen molar-refractivity contribution in [3.63, 3.8) is 0 Å². The molecule has 0 radical (unpaired) electrons. The highest BCUT2D eigenvalue weighted by Gasteiger charge is 2.10. The molecule has 0 amide bonds. The van der Waals surface area contributed by atoms with Gasteiger partial charge in [0.25, 0.3) is 0 Å². The molecule has 0 saturated heterocycles. The molecule has 0 aliphatic heterocycles. The molecule has 0 fully saturated rings. The van der Waals surface area contributed by atoms with Crippen molar-refractivity contribution in [2.75, 3.05) is 0 Å². The lowest BCUT2D eigenvalue weighted by atomic mass is 9.95. The van der Waals surface area contributed by atoms with Crippen LogP contribution in [0, 0.1) is 18.7 Å². The molecule has 0 aliphatic carbocycles. The summed E-state index contributed by atoms with van der Waals surface area (Å²) in [4.78, 5) is 0. The van der Waals surface area contributed by atoms with Crippen LogP contribution < -0.4 is 5.73 Å². The zero-order valence-electron chi connectivity index (χ0n) is 9.05. The van der Waals surface area contributed by atoms with Gasteiger partial charge in [0.1, 0.15) is 5.82 Å². The molecule has 1 atom stereocenters. The highest BCUT2D eigenvalue weighted by atomic mass is 19.1. The molecular weight excluding hydrogens is 177 g/mol. The van der Waals surface area contributed by atoms with E-state index in [2.05, 4.69) is 13.8 Å². The average molecular weight is 195 g/mol. The van der Waals surface area contributed by atoms with Crippen LogP contribution in [0.1, 0.15) is 25.0 Å². The summed E-state index contributed by atoms with van der Waals surface area (Å²) in [5, 5.41) is 0. The van der Waals surface area contributed by atoms with Crippen molar-refractivity contribution in [3.8, 4) is 0 Å². The lowest BCUT2D eigenvalue weighted by Crippen LogP contribution is -2.29. The summed E-state index contributed by atoms with van der Waals surface area (Å²) in [5.41, 5.74) is 8.08. The minimum absolute atomic E-state index is 0.107. The number of halogens is 1. The number of aryl methyl sites for hydroxylation is 1. The second-order valence-corrected chi connectivity index (χ2v) is 4.18. The summed E-state index contributed by atoms with van der Waals surface area (Å²) < 4.78 is 13.0. The van der Waals surface area contributed by atoms with Crippen LogP contribution in [-0.2, 0) is 6.42 Å². The molecule has 0 heterocycles. The quantitative estimate of drug-likeness (QED) is 0.788. The summed E-state index contributed by atoms with van der Waals surface area (Å²) in [6.45, 7) is 6.15. The van der Waals surface area contributed by atoms with E-state index in [1.165, 1.54) is 6.07 Å². The van der Waals surface area contributed by atoms with Crippen LogP contribution in [0.3, 0.4) is 0 Å². The maximum Gasteiger partial charge on any atom is 0.123 e. The molecule has 1 nitrogen and oxygen atoms in total. The Morgan fingerprint density at radius 3 is 2.57 bits per heavy atom. The second-order valence-electron chi connectivity index (χ2n) is 4.18. The molecule has 14 heavy (non-hydrogen) atoms. The molecule has 1 rings (SSSR count). The van der Waals surface area contributed by atoms with Crippen LogP contribution in [0.25, 0.3) is 0 Å². The molecule has 0 saturated carbocycles. The molecule has 1 aromatic carbocycles. The zero-order valence-corrected chi connectivity index (χ0v) is 9.05. The predicted octanol–water partition coefficient (Wildman–Crippen LogP) is 2.66. The van der Waals surface area contributed by atoms with Crippen molar-refractivity contribution < 1.29 is 4.39 Å². The van der Waals surface area contributed by atoms with E-state index in [4.69, 9.17) is 5.73 Å². The fourth-order valence-electron chi connectivity index (χ4n) is 1.35. The molecule has 2 N–H and O–H groups in total. The summed E-state index contributed by atoms with van der Waals surface area (Å²) >= 11 is 0. The Labute approximate surface area is 85.1 Å². The Morgan fingerprint density at radius 2 is 2.00 bits per heavy atom. The summed E-state index contributed by atoms with van der Waals surface area (Å²) in [6.07, 6.45) is 0.751. The van der Waals surface area contributed by atoms with Crippen molar-refractivity contribution in [1.29, 1.82) is 0 Å². The normalized spacial score (nSPS) is 13.3. The summed E-state index contributed by atoms with van der Waals surface area (Å²) in [6, 6.07) is 4.98. The van der Waals surface area contributed by atoms with Gasteiger partial charge in [-0.1, -0.05) is 19.9 Å². The third-order valence-corrected chi connectivity index (χ3v) is 2.62. The van der Waals surface area contributed by atoms with Gasteiger partial charge in [0.15, 0.2) is 0 Å². The first kappa shape index (κ1) is 11.2. The van der Waals surface area contributed by atoms with E-state index in [-0.39, 0.29) is 11.9 Å². The van der Waals surface area contributed by atoms with Gasteiger partial charge >= 0.3 is 0 Å². The zero-order chi connectivity index (χ0) is 10.7. The van der Waals surface area contributed by atoms with Gasteiger partial charge in [-0.2, -0.15) is 0 Å². The molecule has 1 aromatic rings. The lowest BCUT2D eigenvalue weighted by molar-refractivity contribution is 0.488. The third kappa shape index (κ3) is 2.81. The monoisotopic (exact) mass is 195 g/mol. The van der Waals surface area contributed by atoms with Crippen molar-refractivity contribution in [2.45, 2.75) is 33.2 Å². The molecule has 0 aliphatic rings. The van der Waals surface area contributed by atoms with E-state index in [1.807, 2.05) is 6.92 Å². The minimum atomic E-state index is -0.179. The van der Waals surface area contributed by atoms with Crippen molar-refractivity contribution in [3.05, 3.63) is 35.1 Å². The number of nitrogens with two attached hydrogens (primary N) is 1. The molecule has 0 aromatic heterocycles. The highest BCUT2D eigenvalue weighted by molar-refractivity contribution is 5.27. The minimum Gasteiger partial charge on any atom is -0.327 e. The fourth-order valence-corrected chi connectivity index (χ4v) is 1.35. The van der Waals surface area contributed by atoms with Gasteiger partial charge in [0.2, 0.25) is 0 Å². The number of rotatable bonds is 3. The Kier molecular flexibility index (Phi) is 3.64. The smallest absolute Gasteiger partial charge is 0.123 e. The van der Waals surface area contributed by atoms with Crippen molar-refractivity contribution >= 4 is 0 Å². The first-order chi connectivity index (χ1) is 6.50. The molecule has 78 valence electrons. The molecule has 0 bridgehead atoms. The average Bonchev–Trinajstić information content (AvgIpc) is 2.11. The van der Waals surface area contributed by atoms with Gasteiger partial charge in [-0.25, -0.2) is 4.39 Å². The largest absolute Gasteiger partial charge is 0.327 e. The number of hydrogen-bond acceptors (Lipinski definition) is 1. The fraction of sp³-hybridized carbons (Fsp3) is 0.500. The van der Waals surface area contributed by atoms with E-state index >= 15 is 0 Å². The van der Waals surface area contributed by atoms with Crippen molar-refractivity contribution in [2.24, 2.45) is 11.7 Å². The first-order valence-electron chi connectivity index (χ1n) is 5.01. The molecule has 2 heteroatoms.